The fourth-order valence-electron chi connectivity index (χ4n) is 2.00. The quantitative estimate of drug-likeness (QED) is 0.740. The van der Waals surface area contributed by atoms with Crippen LogP contribution in [0.15, 0.2) is 54.0 Å². The van der Waals surface area contributed by atoms with Crippen molar-refractivity contribution < 1.29 is 4.79 Å². The van der Waals surface area contributed by atoms with Gasteiger partial charge >= 0.3 is 0 Å². The molecule has 1 amide bonds. The summed E-state index contributed by atoms with van der Waals surface area (Å²) >= 11 is 1.49. The first-order valence-electron chi connectivity index (χ1n) is 7.15. The minimum atomic E-state index is -0.321. The zero-order valence-corrected chi connectivity index (χ0v) is 13.4. The Morgan fingerprint density at radius 2 is 1.92 bits per heavy atom. The molecule has 2 N–H and O–H groups in total. The average Bonchev–Trinajstić information content (AvgIpc) is 3.06. The smallest absolute Gasteiger partial charge is 0.238 e. The maximum Gasteiger partial charge on any atom is 0.238 e. The van der Waals surface area contributed by atoms with Crippen molar-refractivity contribution in [1.29, 1.82) is 5.26 Å². The molecule has 0 saturated heterocycles. The molecule has 0 spiro atoms. The van der Waals surface area contributed by atoms with E-state index in [-0.39, 0.29) is 12.3 Å². The lowest BCUT2D eigenvalue weighted by atomic mass is 10.2. The lowest BCUT2D eigenvalue weighted by Gasteiger charge is -2.05. The van der Waals surface area contributed by atoms with Gasteiger partial charge in [0.15, 0.2) is 5.13 Å². The molecular weight excluding hydrogens is 322 g/mol. The number of nitrogens with zero attached hydrogens (tertiary/aromatic N) is 3. The summed E-state index contributed by atoms with van der Waals surface area (Å²) in [6.07, 6.45) is 1.58. The van der Waals surface area contributed by atoms with E-state index in [0.29, 0.717) is 5.69 Å². The van der Waals surface area contributed by atoms with Gasteiger partial charge in [0.05, 0.1) is 11.8 Å². The Morgan fingerprint density at radius 3 is 2.62 bits per heavy atom. The number of rotatable bonds is 5. The summed E-state index contributed by atoms with van der Waals surface area (Å²) in [7, 11) is 0. The minimum Gasteiger partial charge on any atom is -0.332 e. The van der Waals surface area contributed by atoms with Gasteiger partial charge < -0.3 is 10.6 Å². The van der Waals surface area contributed by atoms with Crippen LogP contribution in [0.4, 0.5) is 16.5 Å². The zero-order chi connectivity index (χ0) is 16.8. The third kappa shape index (κ3) is 3.94. The second-order valence-electron chi connectivity index (χ2n) is 4.84. The predicted molar refractivity (Wildman–Crippen MR) is 93.9 cm³/mol. The lowest BCUT2D eigenvalue weighted by Crippen LogP contribution is -2.09. The first-order chi connectivity index (χ1) is 11.7. The van der Waals surface area contributed by atoms with Crippen molar-refractivity contribution >= 4 is 33.8 Å². The van der Waals surface area contributed by atoms with E-state index in [0.717, 1.165) is 22.2 Å². The molecule has 0 atom stereocenters. The molecule has 0 radical (unpaired) electrons. The topological polar surface area (TPSA) is 90.7 Å². The number of nitriles is 1. The van der Waals surface area contributed by atoms with Crippen LogP contribution in [0.25, 0.3) is 11.4 Å². The van der Waals surface area contributed by atoms with E-state index < -0.39 is 0 Å². The Kier molecular flexibility index (Phi) is 4.79. The molecule has 0 unspecified atom stereocenters. The van der Waals surface area contributed by atoms with E-state index in [9.17, 15) is 4.79 Å². The van der Waals surface area contributed by atoms with Gasteiger partial charge in [-0.05, 0) is 36.4 Å². The Morgan fingerprint density at radius 1 is 1.12 bits per heavy atom. The van der Waals surface area contributed by atoms with Gasteiger partial charge in [-0.3, -0.25) is 9.78 Å². The second-order valence-corrected chi connectivity index (χ2v) is 5.70. The molecule has 24 heavy (non-hydrogen) atoms. The van der Waals surface area contributed by atoms with E-state index in [1.807, 2.05) is 41.8 Å². The molecule has 6 nitrogen and oxygen atoms in total. The number of aromatic nitrogens is 2. The monoisotopic (exact) mass is 335 g/mol. The highest BCUT2D eigenvalue weighted by Crippen LogP contribution is 2.26. The average molecular weight is 335 g/mol. The lowest BCUT2D eigenvalue weighted by molar-refractivity contribution is -0.115. The van der Waals surface area contributed by atoms with Crippen molar-refractivity contribution in [3.05, 3.63) is 54.0 Å². The molecule has 0 aliphatic rings. The maximum absolute atomic E-state index is 11.4. The van der Waals surface area contributed by atoms with Crippen LogP contribution in [0, 0.1) is 11.3 Å². The van der Waals surface area contributed by atoms with Crippen molar-refractivity contribution in [2.45, 2.75) is 6.42 Å². The number of thiazole rings is 1. The van der Waals surface area contributed by atoms with Crippen molar-refractivity contribution in [2.24, 2.45) is 0 Å². The summed E-state index contributed by atoms with van der Waals surface area (Å²) in [5.74, 6) is -0.321. The number of anilines is 3. The number of hydrogen-bond donors (Lipinski definition) is 2. The van der Waals surface area contributed by atoms with Crippen LogP contribution in [0.1, 0.15) is 6.42 Å². The van der Waals surface area contributed by atoms with Crippen molar-refractivity contribution in [3.63, 3.8) is 0 Å². The van der Waals surface area contributed by atoms with Crippen LogP contribution in [-0.2, 0) is 4.79 Å². The number of benzene rings is 1. The number of hydrogen-bond acceptors (Lipinski definition) is 6. The highest BCUT2D eigenvalue weighted by Gasteiger charge is 2.06. The molecule has 0 aliphatic heterocycles. The summed E-state index contributed by atoms with van der Waals surface area (Å²) in [4.78, 5) is 20.1. The Bertz CT molecular complexity index is 868. The number of nitrogens with one attached hydrogen (secondary N) is 2. The first-order valence-corrected chi connectivity index (χ1v) is 8.03. The normalized spacial score (nSPS) is 9.96. The molecule has 3 aromatic rings. The zero-order valence-electron chi connectivity index (χ0n) is 12.6. The van der Waals surface area contributed by atoms with Gasteiger partial charge in [0.2, 0.25) is 5.91 Å². The van der Waals surface area contributed by atoms with Crippen molar-refractivity contribution in [2.75, 3.05) is 10.6 Å². The van der Waals surface area contributed by atoms with Gasteiger partial charge in [0.1, 0.15) is 12.1 Å². The molecule has 0 fully saturated rings. The highest BCUT2D eigenvalue weighted by molar-refractivity contribution is 7.14. The van der Waals surface area contributed by atoms with E-state index in [4.69, 9.17) is 5.26 Å². The number of carbonyl (C=O) groups excluding carboxylic acids is 1. The van der Waals surface area contributed by atoms with Crippen LogP contribution in [0.5, 0.6) is 0 Å². The maximum atomic E-state index is 11.4. The first kappa shape index (κ1) is 15.6. The summed E-state index contributed by atoms with van der Waals surface area (Å²) in [6, 6.07) is 14.7. The standard InChI is InChI=1S/C17H13N5OS/c18-9-8-16(23)20-12-4-6-13(7-5-12)21-17-22-15(11-24-17)14-3-1-2-10-19-14/h1-7,10-11H,8H2,(H,20,23)(H,21,22). The van der Waals surface area contributed by atoms with Crippen LogP contribution in [-0.4, -0.2) is 15.9 Å². The Balaban J connectivity index is 1.65. The highest BCUT2D eigenvalue weighted by atomic mass is 32.1. The summed E-state index contributed by atoms with van der Waals surface area (Å²) in [5, 5.41) is 17.0. The molecule has 1 aromatic carbocycles. The van der Waals surface area contributed by atoms with E-state index in [2.05, 4.69) is 20.6 Å². The van der Waals surface area contributed by atoms with Gasteiger partial charge in [0.25, 0.3) is 0 Å². The molecular formula is C17H13N5OS. The molecule has 2 aromatic heterocycles. The fourth-order valence-corrected chi connectivity index (χ4v) is 2.72. The summed E-state index contributed by atoms with van der Waals surface area (Å²) < 4.78 is 0. The van der Waals surface area contributed by atoms with Crippen LogP contribution in [0.3, 0.4) is 0 Å². The Labute approximate surface area is 142 Å². The summed E-state index contributed by atoms with van der Waals surface area (Å²) in [6.45, 7) is 0. The van der Waals surface area contributed by atoms with E-state index in [1.165, 1.54) is 11.3 Å². The SMILES string of the molecule is N#CCC(=O)Nc1ccc(Nc2nc(-c3ccccn3)cs2)cc1. The minimum absolute atomic E-state index is 0.157. The van der Waals surface area contributed by atoms with Gasteiger partial charge in [-0.25, -0.2) is 4.98 Å². The van der Waals surface area contributed by atoms with E-state index in [1.54, 1.807) is 18.3 Å². The van der Waals surface area contributed by atoms with Gasteiger partial charge in [-0.1, -0.05) is 6.07 Å². The molecule has 3 rings (SSSR count). The van der Waals surface area contributed by atoms with Gasteiger partial charge in [-0.15, -0.1) is 11.3 Å². The number of pyridine rings is 1. The molecule has 7 heteroatoms. The molecule has 0 bridgehead atoms. The third-order valence-electron chi connectivity index (χ3n) is 3.09. The third-order valence-corrected chi connectivity index (χ3v) is 3.85. The predicted octanol–water partition coefficient (Wildman–Crippen LogP) is 3.80. The van der Waals surface area contributed by atoms with Crippen LogP contribution in [0.2, 0.25) is 0 Å². The van der Waals surface area contributed by atoms with Crippen molar-refractivity contribution in [3.8, 4) is 17.5 Å². The van der Waals surface area contributed by atoms with Crippen LogP contribution >= 0.6 is 11.3 Å². The summed E-state index contributed by atoms with van der Waals surface area (Å²) in [5.41, 5.74) is 3.16. The van der Waals surface area contributed by atoms with Crippen LogP contribution < -0.4 is 10.6 Å². The fraction of sp³-hybridized carbons (Fsp3) is 0.0588. The largest absolute Gasteiger partial charge is 0.332 e. The van der Waals surface area contributed by atoms with Gasteiger partial charge in [0, 0.05) is 23.0 Å². The second kappa shape index (κ2) is 7.35. The van der Waals surface area contributed by atoms with E-state index >= 15 is 0 Å². The Hall–Kier alpha value is -3.24. The molecule has 0 saturated carbocycles. The number of carbonyl (C=O) groups is 1. The van der Waals surface area contributed by atoms with Crippen molar-refractivity contribution in [1.82, 2.24) is 9.97 Å². The molecule has 118 valence electrons. The molecule has 0 aliphatic carbocycles. The molecule has 2 heterocycles. The number of amides is 1. The van der Waals surface area contributed by atoms with Gasteiger partial charge in [-0.2, -0.15) is 5.26 Å².